The van der Waals surface area contributed by atoms with Crippen molar-refractivity contribution in [1.82, 2.24) is 4.57 Å². The Labute approximate surface area is 77.7 Å². The second-order valence-corrected chi connectivity index (χ2v) is 2.53. The molecule has 0 radical (unpaired) electrons. The summed E-state index contributed by atoms with van der Waals surface area (Å²) < 4.78 is 39.3. The van der Waals surface area contributed by atoms with Gasteiger partial charge >= 0.3 is 6.36 Å². The quantitative estimate of drug-likeness (QED) is 0.749. The maximum absolute atomic E-state index is 11.5. The smallest absolute Gasteiger partial charge is 0.313 e. The monoisotopic (exact) mass is 207 g/mol. The molecular formula is C8H8F3NO2. The summed E-state index contributed by atoms with van der Waals surface area (Å²) in [5.41, 5.74) is -0.349. The van der Waals surface area contributed by atoms with Crippen molar-refractivity contribution < 1.29 is 17.9 Å². The molecule has 0 amide bonds. The van der Waals surface area contributed by atoms with Gasteiger partial charge in [-0.05, 0) is 6.07 Å². The van der Waals surface area contributed by atoms with Gasteiger partial charge in [0.15, 0.2) is 0 Å². The molecule has 0 aromatic carbocycles. The molecule has 78 valence electrons. The second kappa shape index (κ2) is 4.28. The van der Waals surface area contributed by atoms with Gasteiger partial charge in [0.05, 0.1) is 6.61 Å². The van der Waals surface area contributed by atoms with Gasteiger partial charge in [-0.2, -0.15) is 0 Å². The number of pyridine rings is 1. The molecule has 0 aliphatic rings. The number of aromatic nitrogens is 1. The van der Waals surface area contributed by atoms with Crippen LogP contribution in [0.3, 0.4) is 0 Å². The average molecular weight is 207 g/mol. The van der Waals surface area contributed by atoms with E-state index in [9.17, 15) is 18.0 Å². The first kappa shape index (κ1) is 10.8. The maximum atomic E-state index is 11.5. The van der Waals surface area contributed by atoms with Crippen LogP contribution in [0.15, 0.2) is 29.2 Å². The fourth-order valence-corrected chi connectivity index (χ4v) is 0.905. The predicted molar refractivity (Wildman–Crippen MR) is 42.7 cm³/mol. The van der Waals surface area contributed by atoms with Crippen molar-refractivity contribution in [2.45, 2.75) is 12.9 Å². The minimum Gasteiger partial charge on any atom is -0.313 e. The van der Waals surface area contributed by atoms with Gasteiger partial charge in [-0.3, -0.25) is 9.53 Å². The van der Waals surface area contributed by atoms with E-state index in [2.05, 4.69) is 4.74 Å². The van der Waals surface area contributed by atoms with E-state index in [1.54, 1.807) is 6.07 Å². The molecule has 14 heavy (non-hydrogen) atoms. The van der Waals surface area contributed by atoms with Gasteiger partial charge < -0.3 is 4.57 Å². The normalized spacial score (nSPS) is 11.6. The van der Waals surface area contributed by atoms with E-state index in [0.29, 0.717) is 0 Å². The van der Waals surface area contributed by atoms with Crippen LogP contribution in [0.5, 0.6) is 0 Å². The fourth-order valence-electron chi connectivity index (χ4n) is 0.905. The molecule has 0 atom stereocenters. The third-order valence-corrected chi connectivity index (χ3v) is 1.50. The van der Waals surface area contributed by atoms with Gasteiger partial charge in [-0.15, -0.1) is 13.2 Å². The minimum atomic E-state index is -4.64. The van der Waals surface area contributed by atoms with Crippen LogP contribution < -0.4 is 5.56 Å². The highest BCUT2D eigenvalue weighted by atomic mass is 19.4. The Balaban J connectivity index is 2.47. The summed E-state index contributed by atoms with van der Waals surface area (Å²) in [6, 6.07) is 4.35. The number of alkyl halides is 3. The number of halogens is 3. The molecule has 0 aliphatic heterocycles. The molecule has 0 fully saturated rings. The summed E-state index contributed by atoms with van der Waals surface area (Å²) in [5, 5.41) is 0. The van der Waals surface area contributed by atoms with Crippen molar-refractivity contribution in [1.29, 1.82) is 0 Å². The molecule has 1 heterocycles. The van der Waals surface area contributed by atoms with Crippen LogP contribution in [0.4, 0.5) is 13.2 Å². The largest absolute Gasteiger partial charge is 0.522 e. The summed E-state index contributed by atoms with van der Waals surface area (Å²) in [4.78, 5) is 11.0. The van der Waals surface area contributed by atoms with E-state index in [1.165, 1.54) is 18.3 Å². The molecule has 0 spiro atoms. The maximum Gasteiger partial charge on any atom is 0.522 e. The molecule has 1 aromatic rings. The third kappa shape index (κ3) is 3.61. The van der Waals surface area contributed by atoms with Crippen molar-refractivity contribution >= 4 is 0 Å². The van der Waals surface area contributed by atoms with Crippen LogP contribution in [0.25, 0.3) is 0 Å². The molecule has 0 saturated carbocycles. The van der Waals surface area contributed by atoms with E-state index in [0.717, 1.165) is 4.57 Å². The zero-order valence-corrected chi connectivity index (χ0v) is 7.12. The van der Waals surface area contributed by atoms with Crippen LogP contribution in [0.2, 0.25) is 0 Å². The Hall–Kier alpha value is -1.30. The van der Waals surface area contributed by atoms with E-state index < -0.39 is 13.0 Å². The minimum absolute atomic E-state index is 0.112. The lowest BCUT2D eigenvalue weighted by molar-refractivity contribution is -0.325. The molecule has 1 rings (SSSR count). The SMILES string of the molecule is O=c1ccccn1CCOC(F)(F)F. The highest BCUT2D eigenvalue weighted by Crippen LogP contribution is 2.15. The van der Waals surface area contributed by atoms with E-state index in [4.69, 9.17) is 0 Å². The lowest BCUT2D eigenvalue weighted by Gasteiger charge is -2.08. The van der Waals surface area contributed by atoms with Gasteiger partial charge in [0.25, 0.3) is 5.56 Å². The Morgan fingerprint density at radius 1 is 1.36 bits per heavy atom. The highest BCUT2D eigenvalue weighted by Gasteiger charge is 2.28. The summed E-state index contributed by atoms with van der Waals surface area (Å²) in [6.45, 7) is -0.674. The molecule has 0 unspecified atom stereocenters. The average Bonchev–Trinajstić information content (AvgIpc) is 2.06. The molecule has 0 bridgehead atoms. The summed E-state index contributed by atoms with van der Waals surface area (Å²) in [5.74, 6) is 0. The topological polar surface area (TPSA) is 31.2 Å². The third-order valence-electron chi connectivity index (χ3n) is 1.50. The van der Waals surface area contributed by atoms with Gasteiger partial charge in [0.2, 0.25) is 0 Å². The van der Waals surface area contributed by atoms with Gasteiger partial charge in [-0.25, -0.2) is 0 Å². The molecular weight excluding hydrogens is 199 g/mol. The lowest BCUT2D eigenvalue weighted by Crippen LogP contribution is -2.23. The van der Waals surface area contributed by atoms with E-state index in [1.807, 2.05) is 0 Å². The van der Waals surface area contributed by atoms with Crippen LogP contribution in [-0.2, 0) is 11.3 Å². The van der Waals surface area contributed by atoms with Crippen LogP contribution in [0.1, 0.15) is 0 Å². The number of nitrogens with zero attached hydrogens (tertiary/aromatic N) is 1. The highest BCUT2D eigenvalue weighted by molar-refractivity contribution is 4.92. The first-order valence-electron chi connectivity index (χ1n) is 3.85. The Morgan fingerprint density at radius 2 is 2.07 bits per heavy atom. The summed E-state index contributed by atoms with van der Waals surface area (Å²) >= 11 is 0. The van der Waals surface area contributed by atoms with Crippen LogP contribution in [0, 0.1) is 0 Å². The predicted octanol–water partition coefficient (Wildman–Crippen LogP) is 1.38. The van der Waals surface area contributed by atoms with Gasteiger partial charge in [0.1, 0.15) is 0 Å². The van der Waals surface area contributed by atoms with E-state index >= 15 is 0 Å². The van der Waals surface area contributed by atoms with Crippen molar-refractivity contribution in [3.8, 4) is 0 Å². The molecule has 3 nitrogen and oxygen atoms in total. The van der Waals surface area contributed by atoms with Crippen molar-refractivity contribution in [3.63, 3.8) is 0 Å². The Bertz CT molecular complexity index is 345. The fraction of sp³-hybridized carbons (Fsp3) is 0.375. The molecule has 0 saturated heterocycles. The first-order valence-corrected chi connectivity index (χ1v) is 3.85. The summed E-state index contributed by atoms with van der Waals surface area (Å²) in [7, 11) is 0. The van der Waals surface area contributed by atoms with E-state index in [-0.39, 0.29) is 12.1 Å². The number of rotatable bonds is 3. The van der Waals surface area contributed by atoms with Gasteiger partial charge in [0, 0.05) is 18.8 Å². The van der Waals surface area contributed by atoms with Crippen molar-refractivity contribution in [2.24, 2.45) is 0 Å². The van der Waals surface area contributed by atoms with Crippen molar-refractivity contribution in [3.05, 3.63) is 34.7 Å². The molecule has 0 N–H and O–H groups in total. The Kier molecular flexibility index (Phi) is 3.29. The van der Waals surface area contributed by atoms with Crippen molar-refractivity contribution in [2.75, 3.05) is 6.61 Å². The van der Waals surface area contributed by atoms with Crippen LogP contribution >= 0.6 is 0 Å². The standard InChI is InChI=1S/C8H8F3NO2/c9-8(10,11)14-6-5-12-4-2-1-3-7(12)13/h1-4H,5-6H2. The molecule has 0 aliphatic carbocycles. The van der Waals surface area contributed by atoms with Gasteiger partial charge in [-0.1, -0.05) is 6.07 Å². The molecule has 6 heteroatoms. The second-order valence-electron chi connectivity index (χ2n) is 2.53. The number of hydrogen-bond donors (Lipinski definition) is 0. The number of ether oxygens (including phenoxy) is 1. The lowest BCUT2D eigenvalue weighted by atomic mass is 10.5. The first-order chi connectivity index (χ1) is 6.49. The number of hydrogen-bond acceptors (Lipinski definition) is 2. The molecule has 1 aromatic heterocycles. The zero-order valence-electron chi connectivity index (χ0n) is 7.12. The van der Waals surface area contributed by atoms with Crippen LogP contribution in [-0.4, -0.2) is 17.5 Å². The Morgan fingerprint density at radius 3 is 2.64 bits per heavy atom. The summed E-state index contributed by atoms with van der Waals surface area (Å²) in [6.07, 6.45) is -3.24. The zero-order chi connectivity index (χ0) is 10.6.